The first kappa shape index (κ1) is 14.9. The second-order valence-corrected chi connectivity index (χ2v) is 3.82. The van der Waals surface area contributed by atoms with Crippen LogP contribution in [-0.4, -0.2) is 45.6 Å². The summed E-state index contributed by atoms with van der Waals surface area (Å²) in [4.78, 5) is 4.08. The Morgan fingerprint density at radius 3 is 2.89 bits per heavy atom. The number of hydrogen-bond acceptors (Lipinski definition) is 5. The molecule has 18 heavy (non-hydrogen) atoms. The van der Waals surface area contributed by atoms with Crippen molar-refractivity contribution in [2.45, 2.75) is 13.0 Å². The molecule has 0 unspecified atom stereocenters. The van der Waals surface area contributed by atoms with Crippen molar-refractivity contribution < 1.29 is 14.2 Å². The average molecular weight is 254 g/mol. The van der Waals surface area contributed by atoms with Gasteiger partial charge in [-0.3, -0.25) is 4.98 Å². The first-order chi connectivity index (χ1) is 8.88. The standard InChI is InChI=1S/C13H22N2O3/c1-14-10-12-11-15-5-4-13(12)18-9-8-17-7-3-6-16-2/h4-5,11,14H,3,6-10H2,1-2H3. The molecular weight excluding hydrogens is 232 g/mol. The van der Waals surface area contributed by atoms with Gasteiger partial charge in [0, 0.05) is 44.8 Å². The van der Waals surface area contributed by atoms with Crippen LogP contribution in [-0.2, 0) is 16.0 Å². The Hall–Kier alpha value is -1.17. The molecule has 0 bridgehead atoms. The van der Waals surface area contributed by atoms with Crippen LogP contribution < -0.4 is 10.1 Å². The summed E-state index contributed by atoms with van der Waals surface area (Å²) in [7, 11) is 3.59. The fourth-order valence-corrected chi connectivity index (χ4v) is 1.50. The number of nitrogens with zero attached hydrogens (tertiary/aromatic N) is 1. The highest BCUT2D eigenvalue weighted by Crippen LogP contribution is 2.15. The van der Waals surface area contributed by atoms with Gasteiger partial charge in [0.2, 0.25) is 0 Å². The molecule has 0 amide bonds. The van der Waals surface area contributed by atoms with Gasteiger partial charge in [0.25, 0.3) is 0 Å². The number of methoxy groups -OCH3 is 1. The van der Waals surface area contributed by atoms with E-state index in [1.165, 1.54) is 0 Å². The third-order valence-corrected chi connectivity index (χ3v) is 2.35. The molecule has 0 aliphatic heterocycles. The predicted molar refractivity (Wildman–Crippen MR) is 69.8 cm³/mol. The van der Waals surface area contributed by atoms with E-state index in [-0.39, 0.29) is 0 Å². The van der Waals surface area contributed by atoms with Crippen LogP contribution in [0.25, 0.3) is 0 Å². The molecule has 0 spiro atoms. The summed E-state index contributed by atoms with van der Waals surface area (Å²) in [5.74, 6) is 0.861. The van der Waals surface area contributed by atoms with Crippen molar-refractivity contribution in [3.63, 3.8) is 0 Å². The van der Waals surface area contributed by atoms with Crippen molar-refractivity contribution in [3.8, 4) is 5.75 Å². The highest BCUT2D eigenvalue weighted by atomic mass is 16.5. The topological polar surface area (TPSA) is 52.6 Å². The number of aromatic nitrogens is 1. The van der Waals surface area contributed by atoms with E-state index < -0.39 is 0 Å². The molecule has 5 nitrogen and oxygen atoms in total. The van der Waals surface area contributed by atoms with Crippen LogP contribution in [0.4, 0.5) is 0 Å². The lowest BCUT2D eigenvalue weighted by Crippen LogP contribution is -2.11. The Morgan fingerprint density at radius 2 is 2.11 bits per heavy atom. The molecule has 0 saturated heterocycles. The van der Waals surface area contributed by atoms with Gasteiger partial charge in [0.1, 0.15) is 12.4 Å². The second-order valence-electron chi connectivity index (χ2n) is 3.82. The maximum atomic E-state index is 5.66. The molecule has 1 rings (SSSR count). The molecule has 1 aromatic rings. The van der Waals surface area contributed by atoms with Gasteiger partial charge in [-0.1, -0.05) is 0 Å². The van der Waals surface area contributed by atoms with Crippen LogP contribution >= 0.6 is 0 Å². The van der Waals surface area contributed by atoms with E-state index >= 15 is 0 Å². The van der Waals surface area contributed by atoms with Crippen LogP contribution in [0.5, 0.6) is 5.75 Å². The zero-order chi connectivity index (χ0) is 13.1. The summed E-state index contributed by atoms with van der Waals surface area (Å²) < 4.78 is 16.0. The third kappa shape index (κ3) is 5.95. The molecule has 1 aromatic heterocycles. The fraction of sp³-hybridized carbons (Fsp3) is 0.615. The van der Waals surface area contributed by atoms with Crippen LogP contribution in [0.15, 0.2) is 18.5 Å². The summed E-state index contributed by atoms with van der Waals surface area (Å²) in [6, 6.07) is 1.87. The highest BCUT2D eigenvalue weighted by Gasteiger charge is 2.02. The lowest BCUT2D eigenvalue weighted by atomic mass is 10.2. The number of pyridine rings is 1. The van der Waals surface area contributed by atoms with Crippen LogP contribution in [0.1, 0.15) is 12.0 Å². The van der Waals surface area contributed by atoms with Gasteiger partial charge < -0.3 is 19.5 Å². The summed E-state index contributed by atoms with van der Waals surface area (Å²) in [5.41, 5.74) is 1.05. The van der Waals surface area contributed by atoms with Crippen LogP contribution in [0.2, 0.25) is 0 Å². The Labute approximate surface area is 108 Å². The van der Waals surface area contributed by atoms with Crippen LogP contribution in [0.3, 0.4) is 0 Å². The Balaban J connectivity index is 2.18. The van der Waals surface area contributed by atoms with Crippen LogP contribution in [0, 0.1) is 0 Å². The van der Waals surface area contributed by atoms with Gasteiger partial charge in [0.15, 0.2) is 0 Å². The van der Waals surface area contributed by atoms with Gasteiger partial charge in [-0.2, -0.15) is 0 Å². The van der Waals surface area contributed by atoms with Gasteiger partial charge in [-0.15, -0.1) is 0 Å². The SMILES string of the molecule is CNCc1cnccc1OCCOCCCOC. The summed E-state index contributed by atoms with van der Waals surface area (Å²) in [6.45, 7) is 3.32. The lowest BCUT2D eigenvalue weighted by molar-refractivity contribution is 0.0804. The quantitative estimate of drug-likeness (QED) is 0.637. The minimum atomic E-state index is 0.549. The van der Waals surface area contributed by atoms with E-state index in [1.807, 2.05) is 19.3 Å². The molecule has 0 radical (unpaired) electrons. The minimum Gasteiger partial charge on any atom is -0.491 e. The molecule has 0 aliphatic rings. The molecular formula is C13H22N2O3. The highest BCUT2D eigenvalue weighted by molar-refractivity contribution is 5.29. The van der Waals surface area contributed by atoms with E-state index in [0.717, 1.165) is 30.9 Å². The third-order valence-electron chi connectivity index (χ3n) is 2.35. The monoisotopic (exact) mass is 254 g/mol. The summed E-state index contributed by atoms with van der Waals surface area (Å²) >= 11 is 0. The van der Waals surface area contributed by atoms with Crippen molar-refractivity contribution in [3.05, 3.63) is 24.0 Å². The normalized spacial score (nSPS) is 10.6. The fourth-order valence-electron chi connectivity index (χ4n) is 1.50. The van der Waals surface area contributed by atoms with Crippen molar-refractivity contribution in [1.29, 1.82) is 0 Å². The second kappa shape index (κ2) is 9.82. The number of ether oxygens (including phenoxy) is 3. The molecule has 0 saturated carbocycles. The molecule has 102 valence electrons. The van der Waals surface area contributed by atoms with Gasteiger partial charge in [-0.25, -0.2) is 0 Å². The number of nitrogens with one attached hydrogen (secondary N) is 1. The Bertz CT molecular complexity index is 321. The largest absolute Gasteiger partial charge is 0.491 e. The van der Waals surface area contributed by atoms with Crippen molar-refractivity contribution in [2.75, 3.05) is 40.6 Å². The van der Waals surface area contributed by atoms with E-state index in [9.17, 15) is 0 Å². The number of hydrogen-bond donors (Lipinski definition) is 1. The van der Waals surface area contributed by atoms with E-state index in [4.69, 9.17) is 14.2 Å². The van der Waals surface area contributed by atoms with E-state index in [1.54, 1.807) is 13.3 Å². The zero-order valence-corrected chi connectivity index (χ0v) is 11.1. The predicted octanol–water partition coefficient (Wildman–Crippen LogP) is 1.23. The molecule has 0 atom stereocenters. The summed E-state index contributed by atoms with van der Waals surface area (Å²) in [5, 5.41) is 3.08. The first-order valence-corrected chi connectivity index (χ1v) is 6.15. The Morgan fingerprint density at radius 1 is 1.22 bits per heavy atom. The lowest BCUT2D eigenvalue weighted by Gasteiger charge is -2.10. The van der Waals surface area contributed by atoms with Gasteiger partial charge in [0.05, 0.1) is 6.61 Å². The molecule has 5 heteroatoms. The van der Waals surface area contributed by atoms with Crippen molar-refractivity contribution in [2.24, 2.45) is 0 Å². The Kier molecular flexibility index (Phi) is 8.12. The maximum absolute atomic E-state index is 5.66. The molecule has 1 N–H and O–H groups in total. The van der Waals surface area contributed by atoms with E-state index in [2.05, 4.69) is 10.3 Å². The minimum absolute atomic E-state index is 0.549. The summed E-state index contributed by atoms with van der Waals surface area (Å²) in [6.07, 6.45) is 4.45. The van der Waals surface area contributed by atoms with Crippen molar-refractivity contribution >= 4 is 0 Å². The van der Waals surface area contributed by atoms with E-state index in [0.29, 0.717) is 19.8 Å². The molecule has 0 fully saturated rings. The average Bonchev–Trinajstić information content (AvgIpc) is 2.40. The molecule has 1 heterocycles. The van der Waals surface area contributed by atoms with Gasteiger partial charge in [-0.05, 0) is 19.5 Å². The van der Waals surface area contributed by atoms with Crippen molar-refractivity contribution in [1.82, 2.24) is 10.3 Å². The first-order valence-electron chi connectivity index (χ1n) is 6.15. The molecule has 0 aromatic carbocycles. The molecule has 0 aliphatic carbocycles. The maximum Gasteiger partial charge on any atom is 0.126 e. The smallest absolute Gasteiger partial charge is 0.126 e. The zero-order valence-electron chi connectivity index (χ0n) is 11.1. The van der Waals surface area contributed by atoms with Gasteiger partial charge >= 0.3 is 0 Å². The number of rotatable bonds is 10.